The van der Waals surface area contributed by atoms with E-state index in [0.29, 0.717) is 18.5 Å². The second kappa shape index (κ2) is 5.25. The fourth-order valence-electron chi connectivity index (χ4n) is 2.59. The van der Waals surface area contributed by atoms with E-state index >= 15 is 0 Å². The minimum atomic E-state index is -0.732. The lowest BCUT2D eigenvalue weighted by Crippen LogP contribution is -2.48. The van der Waals surface area contributed by atoms with Gasteiger partial charge >= 0.3 is 6.03 Å². The van der Waals surface area contributed by atoms with Gasteiger partial charge in [-0.2, -0.15) is 0 Å². The normalized spacial score (nSPS) is 25.1. The molecule has 4 nitrogen and oxygen atoms in total. The van der Waals surface area contributed by atoms with Gasteiger partial charge in [-0.1, -0.05) is 19.3 Å². The average Bonchev–Trinajstić information content (AvgIpc) is 3.12. The van der Waals surface area contributed by atoms with Crippen LogP contribution in [-0.2, 0) is 0 Å². The predicted molar refractivity (Wildman–Crippen MR) is 66.8 cm³/mol. The first-order valence-electron chi connectivity index (χ1n) is 6.85. The Hall–Kier alpha value is -0.770. The van der Waals surface area contributed by atoms with Gasteiger partial charge in [0.15, 0.2) is 0 Å². The molecular weight excluding hydrogens is 216 g/mol. The summed E-state index contributed by atoms with van der Waals surface area (Å²) in [7, 11) is 0. The van der Waals surface area contributed by atoms with Crippen molar-refractivity contribution in [2.24, 2.45) is 5.92 Å². The van der Waals surface area contributed by atoms with Crippen molar-refractivity contribution in [2.45, 2.75) is 63.5 Å². The molecule has 0 aromatic heterocycles. The van der Waals surface area contributed by atoms with E-state index in [2.05, 4.69) is 10.6 Å². The molecule has 2 fully saturated rings. The molecule has 2 aliphatic rings. The van der Waals surface area contributed by atoms with Crippen molar-refractivity contribution in [3.05, 3.63) is 0 Å². The van der Waals surface area contributed by atoms with Crippen LogP contribution in [-0.4, -0.2) is 29.3 Å². The van der Waals surface area contributed by atoms with Crippen LogP contribution in [0.2, 0.25) is 0 Å². The van der Waals surface area contributed by atoms with E-state index in [0.717, 1.165) is 25.7 Å². The van der Waals surface area contributed by atoms with Gasteiger partial charge in [-0.15, -0.1) is 0 Å². The average molecular weight is 240 g/mol. The Labute approximate surface area is 103 Å². The zero-order valence-electron chi connectivity index (χ0n) is 10.7. The van der Waals surface area contributed by atoms with Gasteiger partial charge in [-0.25, -0.2) is 4.79 Å². The Morgan fingerprint density at radius 1 is 1.24 bits per heavy atom. The molecule has 0 saturated heterocycles. The summed E-state index contributed by atoms with van der Waals surface area (Å²) < 4.78 is 0. The van der Waals surface area contributed by atoms with Crippen molar-refractivity contribution in [1.29, 1.82) is 0 Å². The van der Waals surface area contributed by atoms with Gasteiger partial charge in [0.2, 0.25) is 0 Å². The van der Waals surface area contributed by atoms with E-state index in [1.165, 1.54) is 19.3 Å². The molecule has 2 aliphatic carbocycles. The summed E-state index contributed by atoms with van der Waals surface area (Å²) in [6.07, 6.45) is 8.06. The second-order valence-electron chi connectivity index (χ2n) is 5.79. The second-order valence-corrected chi connectivity index (χ2v) is 5.79. The number of carbonyl (C=O) groups excluding carboxylic acids is 1. The van der Waals surface area contributed by atoms with Gasteiger partial charge in [0.1, 0.15) is 0 Å². The molecule has 0 aromatic rings. The SMILES string of the molecule is CC(O)(CNC(=O)NC1CCCCC1)C1CC1. The highest BCUT2D eigenvalue weighted by Gasteiger charge is 2.39. The van der Waals surface area contributed by atoms with E-state index < -0.39 is 5.60 Å². The fourth-order valence-corrected chi connectivity index (χ4v) is 2.59. The predicted octanol–water partition coefficient (Wildman–Crippen LogP) is 1.78. The molecule has 2 rings (SSSR count). The molecular formula is C13H24N2O2. The number of hydrogen-bond donors (Lipinski definition) is 3. The Morgan fingerprint density at radius 2 is 1.88 bits per heavy atom. The minimum Gasteiger partial charge on any atom is -0.388 e. The molecule has 0 radical (unpaired) electrons. The van der Waals surface area contributed by atoms with Crippen LogP contribution in [0.3, 0.4) is 0 Å². The zero-order chi connectivity index (χ0) is 12.3. The first kappa shape index (κ1) is 12.7. The van der Waals surface area contributed by atoms with Gasteiger partial charge < -0.3 is 15.7 Å². The van der Waals surface area contributed by atoms with E-state index in [9.17, 15) is 9.90 Å². The summed E-state index contributed by atoms with van der Waals surface area (Å²) in [5, 5.41) is 15.8. The molecule has 1 atom stereocenters. The number of urea groups is 1. The third-order valence-corrected chi connectivity index (χ3v) is 4.00. The van der Waals surface area contributed by atoms with Crippen LogP contribution < -0.4 is 10.6 Å². The summed E-state index contributed by atoms with van der Waals surface area (Å²) in [6, 6.07) is 0.201. The van der Waals surface area contributed by atoms with Crippen LogP contribution in [0.1, 0.15) is 51.9 Å². The first-order valence-corrected chi connectivity index (χ1v) is 6.85. The standard InChI is InChI=1S/C13H24N2O2/c1-13(17,10-7-8-10)9-14-12(16)15-11-5-3-2-4-6-11/h10-11,17H,2-9H2,1H3,(H2,14,15,16). The molecule has 98 valence electrons. The number of aliphatic hydroxyl groups is 1. The van der Waals surface area contributed by atoms with Crippen molar-refractivity contribution in [3.8, 4) is 0 Å². The summed E-state index contributed by atoms with van der Waals surface area (Å²) in [6.45, 7) is 2.17. The highest BCUT2D eigenvalue weighted by atomic mass is 16.3. The smallest absolute Gasteiger partial charge is 0.315 e. The van der Waals surface area contributed by atoms with Crippen LogP contribution in [0.4, 0.5) is 4.79 Å². The molecule has 1 unspecified atom stereocenters. The van der Waals surface area contributed by atoms with Crippen molar-refractivity contribution >= 4 is 6.03 Å². The van der Waals surface area contributed by atoms with Gasteiger partial charge in [0.25, 0.3) is 0 Å². The fraction of sp³-hybridized carbons (Fsp3) is 0.923. The zero-order valence-corrected chi connectivity index (χ0v) is 10.7. The quantitative estimate of drug-likeness (QED) is 0.701. The molecule has 2 saturated carbocycles. The van der Waals surface area contributed by atoms with Crippen LogP contribution in [0.5, 0.6) is 0 Å². The number of hydrogen-bond acceptors (Lipinski definition) is 2. The van der Waals surface area contributed by atoms with E-state index in [1.807, 2.05) is 6.92 Å². The molecule has 2 amide bonds. The van der Waals surface area contributed by atoms with Crippen molar-refractivity contribution in [2.75, 3.05) is 6.54 Å². The molecule has 0 bridgehead atoms. The highest BCUT2D eigenvalue weighted by molar-refractivity contribution is 5.74. The van der Waals surface area contributed by atoms with E-state index in [4.69, 9.17) is 0 Å². The molecule has 4 heteroatoms. The summed E-state index contributed by atoms with van der Waals surface area (Å²) in [5.74, 6) is 0.373. The van der Waals surface area contributed by atoms with Crippen molar-refractivity contribution in [1.82, 2.24) is 10.6 Å². The van der Waals surface area contributed by atoms with Crippen LogP contribution in [0.15, 0.2) is 0 Å². The largest absolute Gasteiger partial charge is 0.388 e. The number of nitrogens with one attached hydrogen (secondary N) is 2. The molecule has 0 heterocycles. The van der Waals surface area contributed by atoms with Gasteiger partial charge in [0.05, 0.1) is 5.60 Å². The Kier molecular flexibility index (Phi) is 3.92. The maximum Gasteiger partial charge on any atom is 0.315 e. The number of carbonyl (C=O) groups is 1. The Balaban J connectivity index is 1.66. The lowest BCUT2D eigenvalue weighted by atomic mass is 9.96. The summed E-state index contributed by atoms with van der Waals surface area (Å²) in [5.41, 5.74) is -0.732. The van der Waals surface area contributed by atoms with E-state index in [-0.39, 0.29) is 6.03 Å². The Bertz CT molecular complexity index is 269. The van der Waals surface area contributed by atoms with Gasteiger partial charge in [-0.3, -0.25) is 0 Å². The van der Waals surface area contributed by atoms with Crippen LogP contribution >= 0.6 is 0 Å². The third-order valence-electron chi connectivity index (χ3n) is 4.00. The van der Waals surface area contributed by atoms with Gasteiger partial charge in [0, 0.05) is 12.6 Å². The molecule has 0 aliphatic heterocycles. The highest BCUT2D eigenvalue weighted by Crippen LogP contribution is 2.38. The van der Waals surface area contributed by atoms with E-state index in [1.54, 1.807) is 0 Å². The lowest BCUT2D eigenvalue weighted by molar-refractivity contribution is 0.0392. The number of amides is 2. The summed E-state index contributed by atoms with van der Waals surface area (Å²) >= 11 is 0. The monoisotopic (exact) mass is 240 g/mol. The van der Waals surface area contributed by atoms with Crippen molar-refractivity contribution in [3.63, 3.8) is 0 Å². The molecule has 17 heavy (non-hydrogen) atoms. The molecule has 0 spiro atoms. The first-order chi connectivity index (χ1) is 8.08. The van der Waals surface area contributed by atoms with Crippen LogP contribution in [0.25, 0.3) is 0 Å². The Morgan fingerprint density at radius 3 is 2.47 bits per heavy atom. The van der Waals surface area contributed by atoms with Crippen LogP contribution in [0, 0.1) is 5.92 Å². The lowest BCUT2D eigenvalue weighted by Gasteiger charge is -2.26. The maximum atomic E-state index is 11.7. The molecule has 3 N–H and O–H groups in total. The third kappa shape index (κ3) is 3.87. The van der Waals surface area contributed by atoms with Gasteiger partial charge in [-0.05, 0) is 38.5 Å². The molecule has 0 aromatic carbocycles. The minimum absolute atomic E-state index is 0.127. The summed E-state index contributed by atoms with van der Waals surface area (Å²) in [4.78, 5) is 11.7. The number of rotatable bonds is 4. The topological polar surface area (TPSA) is 61.4 Å². The van der Waals surface area contributed by atoms with Crippen molar-refractivity contribution < 1.29 is 9.90 Å². The maximum absolute atomic E-state index is 11.7.